The number of thioether (sulfide) groups is 1. The molecule has 2 N–H and O–H groups in total. The Hall–Kier alpha value is -4.44. The molecule has 4 aromatic rings. The first kappa shape index (κ1) is 34.4. The van der Waals surface area contributed by atoms with Gasteiger partial charge in [-0.05, 0) is 74.7 Å². The molecular weight excluding hydrogens is 602 g/mol. The van der Waals surface area contributed by atoms with Crippen LogP contribution in [0.25, 0.3) is 10.9 Å². The average Bonchev–Trinajstić information content (AvgIpc) is 3.36. The number of amides is 2. The van der Waals surface area contributed by atoms with E-state index in [1.807, 2.05) is 49.4 Å². The largest absolute Gasteiger partial charge is 0.497 e. The third-order valence-electron chi connectivity index (χ3n) is 7.25. The summed E-state index contributed by atoms with van der Waals surface area (Å²) in [5.41, 5.74) is 4.91. The molecule has 3 aromatic carbocycles. The smallest absolute Gasteiger partial charge is 0.408 e. The predicted octanol–water partition coefficient (Wildman–Crippen LogP) is 6.81. The average molecular weight is 646 g/mol. The molecule has 10 heteroatoms. The second kappa shape index (κ2) is 15.7. The van der Waals surface area contributed by atoms with E-state index in [0.717, 1.165) is 33.3 Å². The number of benzene rings is 3. The lowest BCUT2D eigenvalue weighted by atomic mass is 10.0. The van der Waals surface area contributed by atoms with Crippen LogP contribution in [0.5, 0.6) is 5.75 Å². The summed E-state index contributed by atoms with van der Waals surface area (Å²) in [4.78, 5) is 43.9. The number of methoxy groups -OCH3 is 1. The number of nitrogens with zero attached hydrogens (tertiary/aromatic N) is 1. The number of para-hydroxylation sites is 1. The van der Waals surface area contributed by atoms with Crippen molar-refractivity contribution in [3.8, 4) is 5.75 Å². The Kier molecular flexibility index (Phi) is 11.8. The monoisotopic (exact) mass is 645 g/mol. The standard InChI is InChI=1S/C36H43N3O6S/c1-7-44-33(40)21-29-28-13-8-9-14-30(28)37-32(29)23-46-22-25-12-10-11-24(19-25)20-31(38-35(42)45-36(2,3)4)34(41)39(5)26-15-17-27(43-6)18-16-26/h8-19,31,37H,7,20-23H2,1-6H3,(H,38,42)/t31-/m0/s1. The normalized spacial score (nSPS) is 12.0. The molecule has 9 nitrogen and oxygen atoms in total. The molecule has 4 rings (SSSR count). The Morgan fingerprint density at radius 2 is 1.67 bits per heavy atom. The number of esters is 1. The van der Waals surface area contributed by atoms with E-state index in [1.165, 1.54) is 4.90 Å². The summed E-state index contributed by atoms with van der Waals surface area (Å²) in [6.07, 6.45) is -0.158. The van der Waals surface area contributed by atoms with E-state index in [9.17, 15) is 14.4 Å². The minimum Gasteiger partial charge on any atom is -0.497 e. The number of fused-ring (bicyclic) bond motifs is 1. The molecule has 1 atom stereocenters. The van der Waals surface area contributed by atoms with Gasteiger partial charge in [-0.2, -0.15) is 11.8 Å². The lowest BCUT2D eigenvalue weighted by molar-refractivity contribution is -0.142. The molecule has 0 aliphatic heterocycles. The number of aromatic amines is 1. The van der Waals surface area contributed by atoms with Gasteiger partial charge >= 0.3 is 12.1 Å². The first-order chi connectivity index (χ1) is 22.0. The molecule has 0 fully saturated rings. The number of anilines is 1. The maximum Gasteiger partial charge on any atom is 0.408 e. The summed E-state index contributed by atoms with van der Waals surface area (Å²) in [7, 11) is 3.27. The number of alkyl carbamates (subject to hydrolysis) is 1. The minimum atomic E-state index is -0.860. The minimum absolute atomic E-state index is 0.217. The van der Waals surface area contributed by atoms with E-state index in [4.69, 9.17) is 14.2 Å². The number of ether oxygens (including phenoxy) is 3. The van der Waals surface area contributed by atoms with Gasteiger partial charge in [0, 0.05) is 47.3 Å². The Bertz CT molecular complexity index is 1640. The maximum atomic E-state index is 13.7. The van der Waals surface area contributed by atoms with E-state index in [-0.39, 0.29) is 24.7 Å². The zero-order valence-corrected chi connectivity index (χ0v) is 28.2. The van der Waals surface area contributed by atoms with Gasteiger partial charge in [-0.3, -0.25) is 9.59 Å². The lowest BCUT2D eigenvalue weighted by Crippen LogP contribution is -2.50. The fourth-order valence-electron chi connectivity index (χ4n) is 5.11. The van der Waals surface area contributed by atoms with Crippen molar-refractivity contribution in [2.45, 2.75) is 63.7 Å². The molecule has 0 saturated carbocycles. The molecule has 46 heavy (non-hydrogen) atoms. The van der Waals surface area contributed by atoms with Crippen LogP contribution in [0.3, 0.4) is 0 Å². The number of hydrogen-bond acceptors (Lipinski definition) is 7. The van der Waals surface area contributed by atoms with Crippen molar-refractivity contribution in [1.82, 2.24) is 10.3 Å². The van der Waals surface area contributed by atoms with Gasteiger partial charge in [0.2, 0.25) is 5.91 Å². The summed E-state index contributed by atoms with van der Waals surface area (Å²) >= 11 is 1.73. The van der Waals surface area contributed by atoms with Gasteiger partial charge in [0.1, 0.15) is 17.4 Å². The van der Waals surface area contributed by atoms with Gasteiger partial charge in [-0.25, -0.2) is 4.79 Å². The summed E-state index contributed by atoms with van der Waals surface area (Å²) in [6, 6.07) is 22.3. The van der Waals surface area contributed by atoms with Crippen molar-refractivity contribution >= 4 is 46.3 Å². The van der Waals surface area contributed by atoms with E-state index < -0.39 is 17.7 Å². The highest BCUT2D eigenvalue weighted by Gasteiger charge is 2.28. The first-order valence-corrected chi connectivity index (χ1v) is 16.4. The highest BCUT2D eigenvalue weighted by Crippen LogP contribution is 2.28. The zero-order chi connectivity index (χ0) is 33.3. The van der Waals surface area contributed by atoms with Crippen LogP contribution in [0.15, 0.2) is 72.8 Å². The molecule has 1 aromatic heterocycles. The number of nitrogens with one attached hydrogen (secondary N) is 2. The molecule has 1 heterocycles. The van der Waals surface area contributed by atoms with Gasteiger partial charge in [-0.1, -0.05) is 42.5 Å². The maximum absolute atomic E-state index is 13.7. The Morgan fingerprint density at radius 1 is 0.957 bits per heavy atom. The second-order valence-corrected chi connectivity index (χ2v) is 12.9. The van der Waals surface area contributed by atoms with E-state index >= 15 is 0 Å². The predicted molar refractivity (Wildman–Crippen MR) is 183 cm³/mol. The number of hydrogen-bond donors (Lipinski definition) is 2. The van der Waals surface area contributed by atoms with Crippen LogP contribution in [0.4, 0.5) is 10.5 Å². The van der Waals surface area contributed by atoms with Crippen LogP contribution >= 0.6 is 11.8 Å². The van der Waals surface area contributed by atoms with E-state index in [0.29, 0.717) is 29.5 Å². The number of likely N-dealkylation sites (N-methyl/N-ethyl adjacent to an activating group) is 1. The van der Waals surface area contributed by atoms with Gasteiger partial charge in [0.05, 0.1) is 20.1 Å². The summed E-state index contributed by atoms with van der Waals surface area (Å²) < 4.78 is 16.0. The van der Waals surface area contributed by atoms with Crippen molar-refractivity contribution in [1.29, 1.82) is 0 Å². The first-order valence-electron chi connectivity index (χ1n) is 15.3. The zero-order valence-electron chi connectivity index (χ0n) is 27.3. The van der Waals surface area contributed by atoms with Crippen LogP contribution < -0.4 is 15.0 Å². The van der Waals surface area contributed by atoms with Crippen molar-refractivity contribution in [3.63, 3.8) is 0 Å². The van der Waals surface area contributed by atoms with Crippen LogP contribution in [-0.4, -0.2) is 55.4 Å². The molecule has 0 spiro atoms. The second-order valence-electron chi connectivity index (χ2n) is 11.9. The highest BCUT2D eigenvalue weighted by molar-refractivity contribution is 7.97. The fraction of sp³-hybridized carbons (Fsp3) is 0.361. The summed E-state index contributed by atoms with van der Waals surface area (Å²) in [5, 5.41) is 3.83. The van der Waals surface area contributed by atoms with Crippen molar-refractivity contribution in [2.24, 2.45) is 0 Å². The molecule has 0 radical (unpaired) electrons. The van der Waals surface area contributed by atoms with Gasteiger partial charge in [0.15, 0.2) is 0 Å². The molecule has 0 aliphatic carbocycles. The summed E-state index contributed by atoms with van der Waals surface area (Å²) in [6.45, 7) is 7.50. The fourth-order valence-corrected chi connectivity index (χ4v) is 6.07. The van der Waals surface area contributed by atoms with E-state index in [1.54, 1.807) is 71.0 Å². The van der Waals surface area contributed by atoms with Crippen molar-refractivity contribution < 1.29 is 28.6 Å². The van der Waals surface area contributed by atoms with Gasteiger partial charge in [0.25, 0.3) is 0 Å². The molecule has 2 amide bonds. The van der Waals surface area contributed by atoms with Crippen LogP contribution in [0.2, 0.25) is 0 Å². The molecule has 0 unspecified atom stereocenters. The summed E-state index contributed by atoms with van der Waals surface area (Å²) in [5.74, 6) is 1.56. The number of carbonyl (C=O) groups excluding carboxylic acids is 3. The Labute approximate surface area is 275 Å². The Balaban J connectivity index is 1.48. The van der Waals surface area contributed by atoms with Crippen LogP contribution in [0, 0.1) is 0 Å². The quantitative estimate of drug-likeness (QED) is 0.154. The number of carbonyl (C=O) groups is 3. The van der Waals surface area contributed by atoms with Crippen molar-refractivity contribution in [3.05, 3.63) is 95.2 Å². The SMILES string of the molecule is CCOC(=O)Cc1c(CSCc2cccc(C[C@H](NC(=O)OC(C)(C)C)C(=O)N(C)c3ccc(OC)cc3)c2)[nH]c2ccccc12. The molecule has 0 aliphatic rings. The number of H-pyrrole nitrogens is 1. The highest BCUT2D eigenvalue weighted by atomic mass is 32.2. The van der Waals surface area contributed by atoms with Gasteiger partial charge in [-0.15, -0.1) is 0 Å². The van der Waals surface area contributed by atoms with Crippen molar-refractivity contribution in [2.75, 3.05) is 25.7 Å². The van der Waals surface area contributed by atoms with E-state index in [2.05, 4.69) is 16.4 Å². The lowest BCUT2D eigenvalue weighted by Gasteiger charge is -2.27. The molecule has 244 valence electrons. The molecule has 0 saturated heterocycles. The third-order valence-corrected chi connectivity index (χ3v) is 8.28. The topological polar surface area (TPSA) is 110 Å². The number of aromatic nitrogens is 1. The Morgan fingerprint density at radius 3 is 2.37 bits per heavy atom. The van der Waals surface area contributed by atoms with Gasteiger partial charge < -0.3 is 29.4 Å². The number of rotatable bonds is 13. The van der Waals surface area contributed by atoms with Crippen LogP contribution in [-0.2, 0) is 43.4 Å². The third kappa shape index (κ3) is 9.53. The molecule has 0 bridgehead atoms. The molecular formula is C36H43N3O6S. The van der Waals surface area contributed by atoms with Crippen LogP contribution in [0.1, 0.15) is 50.1 Å².